The number of carbonyl (C=O) groups is 1. The number of thiazole rings is 1. The zero-order chi connectivity index (χ0) is 18.6. The molecule has 1 aliphatic rings. The van der Waals surface area contributed by atoms with Gasteiger partial charge >= 0.3 is 0 Å². The van der Waals surface area contributed by atoms with Gasteiger partial charge in [0.2, 0.25) is 5.91 Å². The van der Waals surface area contributed by atoms with Gasteiger partial charge in [0.15, 0.2) is 5.13 Å². The second-order valence-corrected chi connectivity index (χ2v) is 8.14. The van der Waals surface area contributed by atoms with Gasteiger partial charge in [-0.15, -0.1) is 0 Å². The van der Waals surface area contributed by atoms with Crippen molar-refractivity contribution in [3.8, 4) is 0 Å². The second-order valence-electron chi connectivity index (χ2n) is 7.13. The quantitative estimate of drug-likeness (QED) is 0.640. The van der Waals surface area contributed by atoms with Crippen LogP contribution in [0.15, 0.2) is 36.5 Å². The smallest absolute Gasteiger partial charge is 0.232 e. The molecule has 140 valence electrons. The molecule has 2 aromatic heterocycles. The number of hydrogen-bond donors (Lipinski definition) is 0. The molecule has 0 radical (unpaired) electrons. The van der Waals surface area contributed by atoms with E-state index in [1.807, 2.05) is 17.0 Å². The lowest BCUT2D eigenvalue weighted by atomic mass is 9.88. The second kappa shape index (κ2) is 8.13. The van der Waals surface area contributed by atoms with Crippen LogP contribution < -0.4 is 4.90 Å². The Kier molecular flexibility index (Phi) is 5.43. The number of carbonyl (C=O) groups excluding carboxylic acids is 1. The van der Waals surface area contributed by atoms with Crippen LogP contribution in [-0.2, 0) is 17.8 Å². The maximum atomic E-state index is 13.3. The molecule has 0 aliphatic heterocycles. The fraction of sp³-hybridized carbons (Fsp3) is 0.429. The molecule has 0 N–H and O–H groups in total. The van der Waals surface area contributed by atoms with Crippen LogP contribution in [0.1, 0.15) is 50.3 Å². The minimum Gasteiger partial charge on any atom is -0.282 e. The lowest BCUT2D eigenvalue weighted by Gasteiger charge is -2.27. The van der Waals surface area contributed by atoms with E-state index < -0.39 is 0 Å². The highest BCUT2D eigenvalue weighted by molar-refractivity contribution is 7.22. The van der Waals surface area contributed by atoms with E-state index in [0.29, 0.717) is 6.54 Å². The minimum absolute atomic E-state index is 0.0913. The predicted molar refractivity (Wildman–Crippen MR) is 109 cm³/mol. The molecular weight excluding hydrogens is 356 g/mol. The van der Waals surface area contributed by atoms with E-state index in [1.165, 1.54) is 12.0 Å². The monoisotopic (exact) mass is 380 g/mol. The molecule has 0 unspecified atom stereocenters. The summed E-state index contributed by atoms with van der Waals surface area (Å²) in [6.45, 7) is 2.57. The summed E-state index contributed by atoms with van der Waals surface area (Å²) in [5, 5.41) is 8.91. The van der Waals surface area contributed by atoms with Crippen molar-refractivity contribution in [2.75, 3.05) is 4.90 Å². The van der Waals surface area contributed by atoms with Gasteiger partial charge in [-0.1, -0.05) is 43.6 Å². The van der Waals surface area contributed by atoms with Crippen LogP contribution in [-0.4, -0.2) is 21.1 Å². The molecule has 3 aromatic rings. The van der Waals surface area contributed by atoms with Crippen LogP contribution in [0.2, 0.25) is 0 Å². The number of fused-ring (bicyclic) bond motifs is 1. The number of benzene rings is 1. The highest BCUT2D eigenvalue weighted by Crippen LogP contribution is 2.33. The van der Waals surface area contributed by atoms with Gasteiger partial charge in [-0.2, -0.15) is 10.2 Å². The predicted octanol–water partition coefficient (Wildman–Crippen LogP) is 4.76. The van der Waals surface area contributed by atoms with E-state index in [4.69, 9.17) is 4.98 Å². The van der Waals surface area contributed by atoms with Crippen molar-refractivity contribution < 1.29 is 4.79 Å². The SMILES string of the molecule is CCc1ccc2nc(N(Cc3cccnn3)C(=O)C3CCCCC3)sc2c1. The third kappa shape index (κ3) is 4.00. The molecule has 0 bridgehead atoms. The van der Waals surface area contributed by atoms with Crippen LogP contribution in [0, 0.1) is 5.92 Å². The molecule has 1 saturated carbocycles. The highest BCUT2D eigenvalue weighted by Gasteiger charge is 2.29. The molecular formula is C21H24N4OS. The zero-order valence-electron chi connectivity index (χ0n) is 15.6. The van der Waals surface area contributed by atoms with Crippen molar-refractivity contribution in [2.24, 2.45) is 5.92 Å². The van der Waals surface area contributed by atoms with Gasteiger partial charge in [-0.25, -0.2) is 4.98 Å². The average molecular weight is 381 g/mol. The third-order valence-electron chi connectivity index (χ3n) is 5.25. The van der Waals surface area contributed by atoms with Gasteiger partial charge in [0, 0.05) is 12.1 Å². The zero-order valence-corrected chi connectivity index (χ0v) is 16.4. The van der Waals surface area contributed by atoms with Gasteiger partial charge in [0.1, 0.15) is 0 Å². The summed E-state index contributed by atoms with van der Waals surface area (Å²) in [7, 11) is 0. The normalized spacial score (nSPS) is 15.1. The Hall–Kier alpha value is -2.34. The van der Waals surface area contributed by atoms with Gasteiger partial charge in [0.05, 0.1) is 22.5 Å². The summed E-state index contributed by atoms with van der Waals surface area (Å²) >= 11 is 1.59. The number of hydrogen-bond acceptors (Lipinski definition) is 5. The standard InChI is InChI=1S/C21H24N4OS/c1-2-15-10-11-18-19(13-15)27-21(23-18)25(14-17-9-6-12-22-24-17)20(26)16-7-4-3-5-8-16/h6,9-13,16H,2-5,7-8,14H2,1H3. The van der Waals surface area contributed by atoms with Crippen LogP contribution in [0.3, 0.4) is 0 Å². The molecule has 0 saturated heterocycles. The van der Waals surface area contributed by atoms with Gasteiger partial charge in [-0.05, 0) is 49.1 Å². The molecule has 6 heteroatoms. The van der Waals surface area contributed by atoms with Crippen molar-refractivity contribution >= 4 is 32.6 Å². The largest absolute Gasteiger partial charge is 0.282 e. The molecule has 1 aliphatic carbocycles. The van der Waals surface area contributed by atoms with E-state index in [2.05, 4.69) is 35.3 Å². The molecule has 5 nitrogen and oxygen atoms in total. The van der Waals surface area contributed by atoms with E-state index in [-0.39, 0.29) is 11.8 Å². The first-order valence-corrected chi connectivity index (χ1v) is 10.5. The first-order chi connectivity index (χ1) is 13.2. The van der Waals surface area contributed by atoms with Gasteiger partial charge in [0.25, 0.3) is 0 Å². The average Bonchev–Trinajstić information content (AvgIpc) is 3.15. The summed E-state index contributed by atoms with van der Waals surface area (Å²) in [5.41, 5.74) is 3.03. The molecule has 1 aromatic carbocycles. The number of anilines is 1. The Labute approximate surface area is 163 Å². The Bertz CT molecular complexity index is 918. The maximum Gasteiger partial charge on any atom is 0.232 e. The van der Waals surface area contributed by atoms with E-state index in [0.717, 1.165) is 53.1 Å². The molecule has 0 spiro atoms. The third-order valence-corrected chi connectivity index (χ3v) is 6.29. The van der Waals surface area contributed by atoms with E-state index >= 15 is 0 Å². The number of amides is 1. The van der Waals surface area contributed by atoms with Gasteiger partial charge < -0.3 is 0 Å². The lowest BCUT2D eigenvalue weighted by molar-refractivity contribution is -0.123. The summed E-state index contributed by atoms with van der Waals surface area (Å²) in [4.78, 5) is 20.0. The minimum atomic E-state index is 0.0913. The van der Waals surface area contributed by atoms with Crippen LogP contribution >= 0.6 is 11.3 Å². The highest BCUT2D eigenvalue weighted by atomic mass is 32.1. The maximum absolute atomic E-state index is 13.3. The van der Waals surface area contributed by atoms with Crippen LogP contribution in [0.5, 0.6) is 0 Å². The molecule has 27 heavy (non-hydrogen) atoms. The Morgan fingerprint density at radius 3 is 2.81 bits per heavy atom. The fourth-order valence-electron chi connectivity index (χ4n) is 3.68. The lowest BCUT2D eigenvalue weighted by Crippen LogP contribution is -2.37. The van der Waals surface area contributed by atoms with Crippen LogP contribution in [0.25, 0.3) is 10.2 Å². The van der Waals surface area contributed by atoms with Crippen molar-refractivity contribution in [2.45, 2.75) is 52.0 Å². The topological polar surface area (TPSA) is 59.0 Å². The Balaban J connectivity index is 1.69. The number of aryl methyl sites for hydroxylation is 1. The Morgan fingerprint density at radius 2 is 2.07 bits per heavy atom. The van der Waals surface area contributed by atoms with Crippen LogP contribution in [0.4, 0.5) is 5.13 Å². The molecule has 1 amide bonds. The summed E-state index contributed by atoms with van der Waals surface area (Å²) < 4.78 is 1.13. The van der Waals surface area contributed by atoms with Gasteiger partial charge in [-0.3, -0.25) is 9.69 Å². The number of rotatable bonds is 5. The van der Waals surface area contributed by atoms with Crippen molar-refractivity contribution in [1.82, 2.24) is 15.2 Å². The van der Waals surface area contributed by atoms with Crippen molar-refractivity contribution in [3.63, 3.8) is 0 Å². The molecule has 2 heterocycles. The first-order valence-electron chi connectivity index (χ1n) is 9.72. The molecule has 1 fully saturated rings. The first kappa shape index (κ1) is 18.0. The Morgan fingerprint density at radius 1 is 1.22 bits per heavy atom. The number of aromatic nitrogens is 3. The van der Waals surface area contributed by atoms with E-state index in [1.54, 1.807) is 17.5 Å². The van der Waals surface area contributed by atoms with Crippen molar-refractivity contribution in [1.29, 1.82) is 0 Å². The van der Waals surface area contributed by atoms with E-state index in [9.17, 15) is 4.79 Å². The van der Waals surface area contributed by atoms with Crippen molar-refractivity contribution in [3.05, 3.63) is 47.8 Å². The summed E-state index contributed by atoms with van der Waals surface area (Å²) in [6, 6.07) is 10.1. The fourth-order valence-corrected chi connectivity index (χ4v) is 4.72. The summed E-state index contributed by atoms with van der Waals surface area (Å²) in [6.07, 6.45) is 8.09. The molecule has 4 rings (SSSR count). The number of nitrogens with zero attached hydrogens (tertiary/aromatic N) is 4. The summed E-state index contributed by atoms with van der Waals surface area (Å²) in [5.74, 6) is 0.267. The molecule has 0 atom stereocenters.